The van der Waals surface area contributed by atoms with Crippen molar-refractivity contribution in [2.24, 2.45) is 0 Å². The van der Waals surface area contributed by atoms with Crippen LogP contribution in [0.1, 0.15) is 27.2 Å². The summed E-state index contributed by atoms with van der Waals surface area (Å²) in [7, 11) is -2.70. The highest BCUT2D eigenvalue weighted by Crippen LogP contribution is 2.40. The highest BCUT2D eigenvalue weighted by Gasteiger charge is 2.40. The van der Waals surface area contributed by atoms with Gasteiger partial charge in [-0.1, -0.05) is 40.4 Å². The Morgan fingerprint density at radius 3 is 2.17 bits per heavy atom. The molecule has 0 saturated heterocycles. The van der Waals surface area contributed by atoms with E-state index in [9.17, 15) is 0 Å². The Morgan fingerprint density at radius 1 is 1.17 bits per heavy atom. The highest BCUT2D eigenvalue weighted by molar-refractivity contribution is 8.01. The van der Waals surface area contributed by atoms with Crippen LogP contribution < -0.4 is 0 Å². The van der Waals surface area contributed by atoms with Gasteiger partial charge in [-0.2, -0.15) is 11.8 Å². The minimum atomic E-state index is -1.64. The number of thioether (sulfide) groups is 1. The molecule has 1 atom stereocenters. The maximum absolute atomic E-state index is 6.48. The van der Waals surface area contributed by atoms with E-state index in [4.69, 9.17) is 4.43 Å². The summed E-state index contributed by atoms with van der Waals surface area (Å²) in [4.78, 5) is 0.822. The standard InChI is InChI=1S/C14H30OSSi2/c1-14(2,3)18(7,8)15-12-9-10-16-13(11-12)17(4,5)6/h9,13H,10-11H2,1-8H3. The summed E-state index contributed by atoms with van der Waals surface area (Å²) in [5.74, 6) is 2.42. The van der Waals surface area contributed by atoms with Gasteiger partial charge in [0.15, 0.2) is 0 Å². The molecule has 1 aliphatic rings. The molecule has 0 aromatic rings. The molecular weight excluding hydrogens is 272 g/mol. The summed E-state index contributed by atoms with van der Waals surface area (Å²) in [6.07, 6.45) is 3.48. The summed E-state index contributed by atoms with van der Waals surface area (Å²) in [5, 5.41) is 0.299. The van der Waals surface area contributed by atoms with E-state index in [-0.39, 0.29) is 0 Å². The van der Waals surface area contributed by atoms with E-state index in [1.54, 1.807) is 0 Å². The molecule has 1 heterocycles. The monoisotopic (exact) mass is 302 g/mol. The van der Waals surface area contributed by atoms with Crippen molar-refractivity contribution in [3.8, 4) is 0 Å². The normalized spacial score (nSPS) is 22.7. The first kappa shape index (κ1) is 16.4. The van der Waals surface area contributed by atoms with E-state index < -0.39 is 16.4 Å². The molecule has 1 unspecified atom stereocenters. The predicted octanol–water partition coefficient (Wildman–Crippen LogP) is 5.28. The Labute approximate surface area is 120 Å². The van der Waals surface area contributed by atoms with Gasteiger partial charge >= 0.3 is 0 Å². The van der Waals surface area contributed by atoms with Crippen LogP contribution in [0, 0.1) is 0 Å². The maximum atomic E-state index is 6.48. The van der Waals surface area contributed by atoms with Gasteiger partial charge in [0.05, 0.1) is 13.8 Å². The SMILES string of the molecule is CC(C)(C)[Si](C)(C)OC1=CCSC([Si](C)(C)C)C1. The molecule has 0 aromatic heterocycles. The fraction of sp³-hybridized carbons (Fsp3) is 0.857. The van der Waals surface area contributed by atoms with Gasteiger partial charge < -0.3 is 4.43 Å². The largest absolute Gasteiger partial charge is 0.547 e. The van der Waals surface area contributed by atoms with Crippen LogP contribution in [0.2, 0.25) is 37.8 Å². The molecule has 106 valence electrons. The second-order valence-corrected chi connectivity index (χ2v) is 19.7. The van der Waals surface area contributed by atoms with Crippen molar-refractivity contribution in [1.29, 1.82) is 0 Å². The molecule has 0 radical (unpaired) electrons. The van der Waals surface area contributed by atoms with Crippen LogP contribution in [-0.2, 0) is 4.43 Å². The summed E-state index contributed by atoms with van der Waals surface area (Å²) in [5.41, 5.74) is 0. The summed E-state index contributed by atoms with van der Waals surface area (Å²) in [6.45, 7) is 19.0. The van der Waals surface area contributed by atoms with Gasteiger partial charge in [-0.05, 0) is 24.2 Å². The van der Waals surface area contributed by atoms with Crippen molar-refractivity contribution in [2.45, 2.75) is 69.8 Å². The van der Waals surface area contributed by atoms with E-state index in [2.05, 4.69) is 71.3 Å². The third-order valence-electron chi connectivity index (χ3n) is 4.15. The van der Waals surface area contributed by atoms with Crippen molar-refractivity contribution >= 4 is 28.2 Å². The van der Waals surface area contributed by atoms with E-state index in [0.29, 0.717) is 5.04 Å². The molecule has 18 heavy (non-hydrogen) atoms. The molecule has 0 bridgehead atoms. The van der Waals surface area contributed by atoms with Crippen molar-refractivity contribution < 1.29 is 4.43 Å². The van der Waals surface area contributed by atoms with Gasteiger partial charge in [0.1, 0.15) is 0 Å². The lowest BCUT2D eigenvalue weighted by Crippen LogP contribution is -2.43. The van der Waals surface area contributed by atoms with Crippen molar-refractivity contribution in [1.82, 2.24) is 0 Å². The smallest absolute Gasteiger partial charge is 0.250 e. The number of hydrogen-bond acceptors (Lipinski definition) is 2. The molecule has 1 nitrogen and oxygen atoms in total. The van der Waals surface area contributed by atoms with Crippen molar-refractivity contribution in [3.63, 3.8) is 0 Å². The van der Waals surface area contributed by atoms with Crippen molar-refractivity contribution in [2.75, 3.05) is 5.75 Å². The van der Waals surface area contributed by atoms with Gasteiger partial charge in [-0.3, -0.25) is 0 Å². The third kappa shape index (κ3) is 4.17. The minimum absolute atomic E-state index is 0.299. The Bertz CT molecular complexity index is 324. The van der Waals surface area contributed by atoms with Gasteiger partial charge in [0, 0.05) is 17.0 Å². The minimum Gasteiger partial charge on any atom is -0.547 e. The van der Waals surface area contributed by atoms with E-state index >= 15 is 0 Å². The summed E-state index contributed by atoms with van der Waals surface area (Å²) >= 11 is 2.13. The van der Waals surface area contributed by atoms with Gasteiger partial charge in [0.2, 0.25) is 8.32 Å². The molecule has 0 amide bonds. The van der Waals surface area contributed by atoms with Gasteiger partial charge in [-0.25, -0.2) is 0 Å². The van der Waals surface area contributed by atoms with Crippen LogP contribution in [0.3, 0.4) is 0 Å². The lowest BCUT2D eigenvalue weighted by atomic mass is 10.2. The fourth-order valence-corrected chi connectivity index (χ4v) is 6.73. The molecule has 4 heteroatoms. The van der Waals surface area contributed by atoms with Crippen LogP contribution in [0.5, 0.6) is 0 Å². The number of allylic oxidation sites excluding steroid dienone is 1. The van der Waals surface area contributed by atoms with E-state index in [1.165, 1.54) is 5.76 Å². The first-order valence-electron chi connectivity index (χ1n) is 6.93. The lowest BCUT2D eigenvalue weighted by molar-refractivity contribution is 0.368. The zero-order valence-corrected chi connectivity index (χ0v) is 16.2. The Kier molecular flexibility index (Phi) is 4.88. The number of rotatable bonds is 3. The third-order valence-corrected chi connectivity index (χ3v) is 14.2. The zero-order chi connectivity index (χ0) is 14.2. The predicted molar refractivity (Wildman–Crippen MR) is 90.6 cm³/mol. The van der Waals surface area contributed by atoms with Gasteiger partial charge in [-0.15, -0.1) is 0 Å². The quantitative estimate of drug-likeness (QED) is 0.656. The Morgan fingerprint density at radius 2 is 1.72 bits per heavy atom. The Balaban J connectivity index is 2.73. The van der Waals surface area contributed by atoms with Crippen LogP contribution >= 0.6 is 11.8 Å². The molecule has 0 fully saturated rings. The lowest BCUT2D eigenvalue weighted by Gasteiger charge is -2.40. The van der Waals surface area contributed by atoms with Crippen LogP contribution in [-0.4, -0.2) is 27.0 Å². The van der Waals surface area contributed by atoms with Crippen LogP contribution in [0.25, 0.3) is 0 Å². The highest BCUT2D eigenvalue weighted by atomic mass is 32.2. The first-order chi connectivity index (χ1) is 7.93. The average molecular weight is 303 g/mol. The van der Waals surface area contributed by atoms with Crippen LogP contribution in [0.4, 0.5) is 0 Å². The van der Waals surface area contributed by atoms with E-state index in [1.807, 2.05) is 0 Å². The molecule has 0 aliphatic carbocycles. The molecule has 0 aromatic carbocycles. The second kappa shape index (κ2) is 5.37. The molecule has 1 rings (SSSR count). The van der Waals surface area contributed by atoms with Crippen LogP contribution in [0.15, 0.2) is 11.8 Å². The summed E-state index contributed by atoms with van der Waals surface area (Å²) in [6, 6.07) is 0. The number of hydrogen-bond donors (Lipinski definition) is 0. The van der Waals surface area contributed by atoms with Crippen molar-refractivity contribution in [3.05, 3.63) is 11.8 Å². The molecular formula is C14H30OSSi2. The summed E-state index contributed by atoms with van der Waals surface area (Å²) < 4.78 is 6.48. The fourth-order valence-electron chi connectivity index (χ4n) is 1.70. The maximum Gasteiger partial charge on any atom is 0.250 e. The topological polar surface area (TPSA) is 9.23 Å². The molecule has 0 spiro atoms. The molecule has 0 saturated carbocycles. The Hall–Kier alpha value is 0.324. The first-order valence-corrected chi connectivity index (χ1v) is 14.5. The molecule has 1 aliphatic heterocycles. The average Bonchev–Trinajstić information content (AvgIpc) is 2.14. The zero-order valence-electron chi connectivity index (χ0n) is 13.4. The van der Waals surface area contributed by atoms with E-state index in [0.717, 1.165) is 17.0 Å². The second-order valence-electron chi connectivity index (χ2n) is 7.92. The van der Waals surface area contributed by atoms with Gasteiger partial charge in [0.25, 0.3) is 0 Å². The molecule has 0 N–H and O–H groups in total.